The van der Waals surface area contributed by atoms with Gasteiger partial charge in [-0.05, 0) is 57.2 Å². The third-order valence-corrected chi connectivity index (χ3v) is 4.35. The van der Waals surface area contributed by atoms with Crippen LogP contribution in [0.1, 0.15) is 45.6 Å². The Hall–Kier alpha value is -2.38. The summed E-state index contributed by atoms with van der Waals surface area (Å²) in [7, 11) is 0. The molecule has 156 valence electrons. The van der Waals surface area contributed by atoms with E-state index >= 15 is 0 Å². The number of ether oxygens (including phenoxy) is 2. The molecule has 1 saturated heterocycles. The lowest BCUT2D eigenvalue weighted by Crippen LogP contribution is -2.42. The summed E-state index contributed by atoms with van der Waals surface area (Å²) < 4.78 is 34.2. The molecule has 1 N–H and O–H groups in total. The van der Waals surface area contributed by atoms with Gasteiger partial charge in [0.25, 0.3) is 0 Å². The summed E-state index contributed by atoms with van der Waals surface area (Å²) in [5, 5.41) is 2.80. The summed E-state index contributed by atoms with van der Waals surface area (Å²) in [4.78, 5) is 25.9. The standard InChI is InChI=1S/C20H28F2N2O4/c1-20(2,3)28-19(26)24-9-7-14(8-10-24)12-17(25)23-13-15-5-4-6-16(11-15)27-18(21)22/h4-6,11,14,18H,7-10,12-13H2,1-3H3,(H,23,25). The van der Waals surface area contributed by atoms with Gasteiger partial charge in [-0.25, -0.2) is 4.79 Å². The van der Waals surface area contributed by atoms with Gasteiger partial charge in [0.1, 0.15) is 11.4 Å². The molecule has 0 aliphatic carbocycles. The van der Waals surface area contributed by atoms with Crippen LogP contribution in [-0.4, -0.2) is 42.2 Å². The number of amides is 2. The molecule has 28 heavy (non-hydrogen) atoms. The van der Waals surface area contributed by atoms with Crippen molar-refractivity contribution >= 4 is 12.0 Å². The van der Waals surface area contributed by atoms with E-state index in [1.807, 2.05) is 20.8 Å². The number of carbonyl (C=O) groups excluding carboxylic acids is 2. The second-order valence-corrected chi connectivity index (χ2v) is 7.92. The summed E-state index contributed by atoms with van der Waals surface area (Å²) in [5.41, 5.74) is 0.164. The van der Waals surface area contributed by atoms with Crippen LogP contribution < -0.4 is 10.1 Å². The lowest BCUT2D eigenvalue weighted by atomic mass is 9.93. The number of nitrogens with one attached hydrogen (secondary N) is 1. The molecule has 0 atom stereocenters. The van der Waals surface area contributed by atoms with E-state index in [4.69, 9.17) is 4.74 Å². The minimum Gasteiger partial charge on any atom is -0.444 e. The van der Waals surface area contributed by atoms with E-state index in [0.717, 1.165) is 12.8 Å². The fourth-order valence-corrected chi connectivity index (χ4v) is 3.01. The number of alkyl halides is 2. The first kappa shape index (κ1) is 21.9. The highest BCUT2D eigenvalue weighted by Gasteiger charge is 2.27. The van der Waals surface area contributed by atoms with Gasteiger partial charge >= 0.3 is 12.7 Å². The zero-order chi connectivity index (χ0) is 20.7. The molecular formula is C20H28F2N2O4. The molecule has 0 saturated carbocycles. The molecule has 6 nitrogen and oxygen atoms in total. The van der Waals surface area contributed by atoms with Gasteiger partial charge in [0.05, 0.1) is 0 Å². The Bertz CT molecular complexity index is 668. The molecule has 1 aliphatic heterocycles. The molecule has 8 heteroatoms. The predicted molar refractivity (Wildman–Crippen MR) is 100 cm³/mol. The van der Waals surface area contributed by atoms with Gasteiger partial charge < -0.3 is 19.7 Å². The van der Waals surface area contributed by atoms with Gasteiger partial charge in [0.15, 0.2) is 0 Å². The molecule has 0 radical (unpaired) electrons. The molecule has 1 aromatic carbocycles. The number of rotatable bonds is 6. The van der Waals surface area contributed by atoms with E-state index in [1.165, 1.54) is 12.1 Å². The van der Waals surface area contributed by atoms with Gasteiger partial charge in [-0.2, -0.15) is 8.78 Å². The van der Waals surface area contributed by atoms with Crippen LogP contribution in [0.3, 0.4) is 0 Å². The number of benzene rings is 1. The highest BCUT2D eigenvalue weighted by Crippen LogP contribution is 2.22. The van der Waals surface area contributed by atoms with Crippen LogP contribution >= 0.6 is 0 Å². The fourth-order valence-electron chi connectivity index (χ4n) is 3.01. The Labute approximate surface area is 164 Å². The van der Waals surface area contributed by atoms with Crippen molar-refractivity contribution < 1.29 is 27.8 Å². The van der Waals surface area contributed by atoms with Crippen LogP contribution in [0.5, 0.6) is 5.75 Å². The van der Waals surface area contributed by atoms with E-state index in [9.17, 15) is 18.4 Å². The summed E-state index contributed by atoms with van der Waals surface area (Å²) in [6, 6.07) is 6.26. The lowest BCUT2D eigenvalue weighted by Gasteiger charge is -2.33. The molecule has 1 fully saturated rings. The number of likely N-dealkylation sites (tertiary alicyclic amines) is 1. The van der Waals surface area contributed by atoms with E-state index in [2.05, 4.69) is 10.1 Å². The Morgan fingerprint density at radius 1 is 1.25 bits per heavy atom. The number of nitrogens with zero attached hydrogens (tertiary/aromatic N) is 1. The molecule has 2 amide bonds. The molecule has 0 spiro atoms. The first-order chi connectivity index (χ1) is 13.1. The Balaban J connectivity index is 1.72. The van der Waals surface area contributed by atoms with Gasteiger partial charge in [0.2, 0.25) is 5.91 Å². The Morgan fingerprint density at radius 2 is 1.93 bits per heavy atom. The zero-order valence-corrected chi connectivity index (χ0v) is 16.5. The quantitative estimate of drug-likeness (QED) is 0.788. The molecule has 0 bridgehead atoms. The molecule has 0 aromatic heterocycles. The maximum absolute atomic E-state index is 12.3. The highest BCUT2D eigenvalue weighted by molar-refractivity contribution is 5.76. The first-order valence-electron chi connectivity index (χ1n) is 9.41. The van der Waals surface area contributed by atoms with Crippen molar-refractivity contribution in [1.29, 1.82) is 0 Å². The van der Waals surface area contributed by atoms with Gasteiger partial charge in [-0.1, -0.05) is 12.1 Å². The van der Waals surface area contributed by atoms with Gasteiger partial charge in [-0.15, -0.1) is 0 Å². The summed E-state index contributed by atoms with van der Waals surface area (Å²) in [5.74, 6) is 0.166. The third kappa shape index (κ3) is 7.70. The molecule has 1 aromatic rings. The van der Waals surface area contributed by atoms with Crippen LogP contribution in [0.15, 0.2) is 24.3 Å². The van der Waals surface area contributed by atoms with Crippen molar-refractivity contribution in [3.8, 4) is 5.75 Å². The van der Waals surface area contributed by atoms with Crippen LogP contribution in [-0.2, 0) is 16.1 Å². The molecule has 1 aliphatic rings. The topological polar surface area (TPSA) is 67.9 Å². The van der Waals surface area contributed by atoms with Crippen LogP contribution in [0.2, 0.25) is 0 Å². The highest BCUT2D eigenvalue weighted by atomic mass is 19.3. The maximum Gasteiger partial charge on any atom is 0.410 e. The largest absolute Gasteiger partial charge is 0.444 e. The van der Waals surface area contributed by atoms with Crippen LogP contribution in [0.4, 0.5) is 13.6 Å². The van der Waals surface area contributed by atoms with Crippen molar-refractivity contribution in [2.45, 2.75) is 58.8 Å². The number of piperidine rings is 1. The first-order valence-corrected chi connectivity index (χ1v) is 9.41. The fraction of sp³-hybridized carbons (Fsp3) is 0.600. The zero-order valence-electron chi connectivity index (χ0n) is 16.5. The van der Waals surface area contributed by atoms with Crippen molar-refractivity contribution in [3.63, 3.8) is 0 Å². The van der Waals surface area contributed by atoms with Crippen molar-refractivity contribution in [2.24, 2.45) is 5.92 Å². The van der Waals surface area contributed by atoms with E-state index in [1.54, 1.807) is 17.0 Å². The van der Waals surface area contributed by atoms with E-state index in [-0.39, 0.29) is 30.2 Å². The monoisotopic (exact) mass is 398 g/mol. The number of hydrogen-bond acceptors (Lipinski definition) is 4. The number of hydrogen-bond donors (Lipinski definition) is 1. The summed E-state index contributed by atoms with van der Waals surface area (Å²) in [6.07, 6.45) is 1.53. The average Bonchev–Trinajstić information content (AvgIpc) is 2.59. The summed E-state index contributed by atoms with van der Waals surface area (Å²) in [6.45, 7) is 4.00. The normalized spacial score (nSPS) is 15.4. The van der Waals surface area contributed by atoms with E-state index in [0.29, 0.717) is 25.1 Å². The Morgan fingerprint density at radius 3 is 2.54 bits per heavy atom. The van der Waals surface area contributed by atoms with Crippen LogP contribution in [0.25, 0.3) is 0 Å². The third-order valence-electron chi connectivity index (χ3n) is 4.35. The molecular weight excluding hydrogens is 370 g/mol. The smallest absolute Gasteiger partial charge is 0.410 e. The average molecular weight is 398 g/mol. The van der Waals surface area contributed by atoms with Crippen LogP contribution in [0, 0.1) is 5.92 Å². The number of halogens is 2. The van der Waals surface area contributed by atoms with Gasteiger partial charge in [0, 0.05) is 26.1 Å². The van der Waals surface area contributed by atoms with E-state index < -0.39 is 12.2 Å². The minimum absolute atomic E-state index is 0.0660. The van der Waals surface area contributed by atoms with Crippen molar-refractivity contribution in [1.82, 2.24) is 10.2 Å². The predicted octanol–water partition coefficient (Wildman–Crippen LogP) is 3.94. The molecule has 0 unspecified atom stereocenters. The van der Waals surface area contributed by atoms with Gasteiger partial charge in [-0.3, -0.25) is 4.79 Å². The van der Waals surface area contributed by atoms with Crippen molar-refractivity contribution in [2.75, 3.05) is 13.1 Å². The maximum atomic E-state index is 12.3. The Kier molecular flexibility index (Phi) is 7.60. The SMILES string of the molecule is CC(C)(C)OC(=O)N1CCC(CC(=O)NCc2cccc(OC(F)F)c2)CC1. The number of carbonyl (C=O) groups is 2. The summed E-state index contributed by atoms with van der Waals surface area (Å²) >= 11 is 0. The molecule has 2 rings (SSSR count). The lowest BCUT2D eigenvalue weighted by molar-refractivity contribution is -0.122. The second kappa shape index (κ2) is 9.71. The van der Waals surface area contributed by atoms with Crippen molar-refractivity contribution in [3.05, 3.63) is 29.8 Å². The molecule has 1 heterocycles. The second-order valence-electron chi connectivity index (χ2n) is 7.92. The minimum atomic E-state index is -2.88.